The minimum atomic E-state index is -0.242. The molecule has 30 heavy (non-hydrogen) atoms. The predicted octanol–water partition coefficient (Wildman–Crippen LogP) is 3.95. The van der Waals surface area contributed by atoms with Crippen LogP contribution in [0.2, 0.25) is 0 Å². The first-order chi connectivity index (χ1) is 14.6. The second-order valence-corrected chi connectivity index (χ2v) is 7.91. The van der Waals surface area contributed by atoms with Crippen LogP contribution in [0.4, 0.5) is 5.69 Å². The monoisotopic (exact) mass is 517 g/mol. The van der Waals surface area contributed by atoms with Crippen molar-refractivity contribution in [3.8, 4) is 17.6 Å². The molecule has 0 N–H and O–H groups in total. The first-order valence-corrected chi connectivity index (χ1v) is 10.9. The second kappa shape index (κ2) is 10.3. The van der Waals surface area contributed by atoms with E-state index in [9.17, 15) is 10.1 Å². The van der Waals surface area contributed by atoms with Gasteiger partial charge in [0.1, 0.15) is 11.6 Å². The molecule has 2 aromatic carbocycles. The van der Waals surface area contributed by atoms with Crippen molar-refractivity contribution < 1.29 is 14.3 Å². The van der Waals surface area contributed by atoms with Crippen LogP contribution >= 0.6 is 22.6 Å². The molecule has 1 saturated heterocycles. The van der Waals surface area contributed by atoms with Crippen LogP contribution in [-0.2, 0) is 4.79 Å². The lowest BCUT2D eigenvalue weighted by Crippen LogP contribution is -2.49. The van der Waals surface area contributed by atoms with Gasteiger partial charge in [0.15, 0.2) is 11.5 Å². The molecule has 1 amide bonds. The van der Waals surface area contributed by atoms with E-state index in [0.29, 0.717) is 31.2 Å². The Morgan fingerprint density at radius 2 is 1.90 bits per heavy atom. The molecule has 1 heterocycles. The normalized spacial score (nSPS) is 14.3. The average Bonchev–Trinajstić information content (AvgIpc) is 2.78. The van der Waals surface area contributed by atoms with Gasteiger partial charge in [0.25, 0.3) is 5.91 Å². The molecule has 3 rings (SSSR count). The van der Waals surface area contributed by atoms with Crippen molar-refractivity contribution in [2.45, 2.75) is 6.92 Å². The van der Waals surface area contributed by atoms with Gasteiger partial charge in [-0.2, -0.15) is 5.26 Å². The highest BCUT2D eigenvalue weighted by Gasteiger charge is 2.24. The molecule has 0 unspecified atom stereocenters. The first-order valence-electron chi connectivity index (χ1n) is 9.78. The van der Waals surface area contributed by atoms with E-state index in [1.54, 1.807) is 24.2 Å². The zero-order valence-corrected chi connectivity index (χ0v) is 19.3. The summed E-state index contributed by atoms with van der Waals surface area (Å²) >= 11 is 2.16. The van der Waals surface area contributed by atoms with Crippen molar-refractivity contribution in [2.75, 3.05) is 44.8 Å². The van der Waals surface area contributed by atoms with E-state index in [-0.39, 0.29) is 11.5 Å². The Labute approximate surface area is 190 Å². The highest BCUT2D eigenvalue weighted by molar-refractivity contribution is 14.1. The fourth-order valence-corrected chi connectivity index (χ4v) is 4.26. The summed E-state index contributed by atoms with van der Waals surface area (Å²) in [7, 11) is 1.59. The van der Waals surface area contributed by atoms with Crippen LogP contribution in [0.5, 0.6) is 11.5 Å². The number of carbonyl (C=O) groups excluding carboxylic acids is 1. The van der Waals surface area contributed by atoms with Crippen molar-refractivity contribution in [1.29, 1.82) is 5.26 Å². The molecule has 1 aliphatic heterocycles. The first kappa shape index (κ1) is 22.0. The highest BCUT2D eigenvalue weighted by atomic mass is 127. The fourth-order valence-electron chi connectivity index (χ4n) is 3.42. The van der Waals surface area contributed by atoms with Gasteiger partial charge >= 0.3 is 0 Å². The lowest BCUT2D eigenvalue weighted by Gasteiger charge is -2.36. The molecule has 2 aromatic rings. The Kier molecular flexibility index (Phi) is 7.57. The SMILES string of the molecule is CCOc1cc(/C=C(/C#N)C(=O)N2CCN(c3ccccc3)CC2)cc(I)c1OC. The van der Waals surface area contributed by atoms with Crippen LogP contribution < -0.4 is 14.4 Å². The lowest BCUT2D eigenvalue weighted by molar-refractivity contribution is -0.126. The molecular formula is C23H24IN3O3. The number of carbonyl (C=O) groups is 1. The zero-order chi connectivity index (χ0) is 21.5. The number of anilines is 1. The topological polar surface area (TPSA) is 65.8 Å². The highest BCUT2D eigenvalue weighted by Crippen LogP contribution is 2.34. The molecule has 0 bridgehead atoms. The van der Waals surface area contributed by atoms with E-state index < -0.39 is 0 Å². The molecule has 156 valence electrons. The third kappa shape index (κ3) is 5.05. The summed E-state index contributed by atoms with van der Waals surface area (Å²) in [5.41, 5.74) is 2.00. The van der Waals surface area contributed by atoms with Gasteiger partial charge in [-0.05, 0) is 65.4 Å². The van der Waals surface area contributed by atoms with Gasteiger partial charge in [-0.25, -0.2) is 0 Å². The number of nitrogens with zero attached hydrogens (tertiary/aromatic N) is 3. The van der Waals surface area contributed by atoms with Crippen molar-refractivity contribution in [1.82, 2.24) is 4.90 Å². The summed E-state index contributed by atoms with van der Waals surface area (Å²) in [6.07, 6.45) is 1.62. The van der Waals surface area contributed by atoms with Crippen LogP contribution in [-0.4, -0.2) is 50.7 Å². The second-order valence-electron chi connectivity index (χ2n) is 6.75. The molecule has 0 aliphatic carbocycles. The molecule has 0 atom stereocenters. The number of benzene rings is 2. The number of hydrogen-bond acceptors (Lipinski definition) is 5. The van der Waals surface area contributed by atoms with Gasteiger partial charge in [-0.1, -0.05) is 18.2 Å². The van der Waals surface area contributed by atoms with E-state index in [4.69, 9.17) is 9.47 Å². The maximum Gasteiger partial charge on any atom is 0.264 e. The minimum Gasteiger partial charge on any atom is -0.492 e. The Bertz CT molecular complexity index is 962. The maximum atomic E-state index is 13.0. The number of amides is 1. The average molecular weight is 517 g/mol. The zero-order valence-electron chi connectivity index (χ0n) is 17.1. The van der Waals surface area contributed by atoms with Crippen molar-refractivity contribution in [3.63, 3.8) is 0 Å². The summed E-state index contributed by atoms with van der Waals surface area (Å²) < 4.78 is 11.9. The third-order valence-corrected chi connectivity index (χ3v) is 5.69. The van der Waals surface area contributed by atoms with Crippen LogP contribution in [0.1, 0.15) is 12.5 Å². The summed E-state index contributed by atoms with van der Waals surface area (Å²) in [5, 5.41) is 9.63. The molecule has 0 aromatic heterocycles. The van der Waals surface area contributed by atoms with E-state index in [1.807, 2.05) is 31.2 Å². The standard InChI is InChI=1S/C23H24IN3O3/c1-3-30-21-15-17(14-20(24)22(21)29-2)13-18(16-25)23(28)27-11-9-26(10-12-27)19-7-5-4-6-8-19/h4-8,13-15H,3,9-12H2,1-2H3/b18-13-. The lowest BCUT2D eigenvalue weighted by atomic mass is 10.1. The molecule has 0 radical (unpaired) electrons. The third-order valence-electron chi connectivity index (χ3n) is 4.89. The Morgan fingerprint density at radius 3 is 2.50 bits per heavy atom. The summed E-state index contributed by atoms with van der Waals surface area (Å²) in [6, 6.07) is 15.9. The van der Waals surface area contributed by atoms with Crippen molar-refractivity contribution >= 4 is 40.3 Å². The van der Waals surface area contributed by atoms with E-state index >= 15 is 0 Å². The Morgan fingerprint density at radius 1 is 1.20 bits per heavy atom. The van der Waals surface area contributed by atoms with E-state index in [1.165, 1.54) is 0 Å². The number of halogens is 1. The maximum absolute atomic E-state index is 13.0. The molecule has 1 aliphatic rings. The largest absolute Gasteiger partial charge is 0.492 e. The minimum absolute atomic E-state index is 0.117. The van der Waals surface area contributed by atoms with Gasteiger partial charge < -0.3 is 19.3 Å². The molecule has 1 fully saturated rings. The van der Waals surface area contributed by atoms with Gasteiger partial charge in [0.05, 0.1) is 17.3 Å². The van der Waals surface area contributed by atoms with E-state index in [0.717, 1.165) is 27.9 Å². The molecule has 0 saturated carbocycles. The predicted molar refractivity (Wildman–Crippen MR) is 126 cm³/mol. The number of nitriles is 1. The number of hydrogen-bond donors (Lipinski definition) is 0. The van der Waals surface area contributed by atoms with Gasteiger partial charge in [-0.15, -0.1) is 0 Å². The van der Waals surface area contributed by atoms with Gasteiger partial charge in [0.2, 0.25) is 0 Å². The van der Waals surface area contributed by atoms with Crippen molar-refractivity contribution in [2.24, 2.45) is 0 Å². The van der Waals surface area contributed by atoms with Gasteiger partial charge in [0, 0.05) is 31.9 Å². The Hall–Kier alpha value is -2.73. The number of rotatable bonds is 6. The summed E-state index contributed by atoms with van der Waals surface area (Å²) in [6.45, 7) is 5.03. The number of para-hydroxylation sites is 1. The van der Waals surface area contributed by atoms with Crippen LogP contribution in [0.25, 0.3) is 6.08 Å². The fraction of sp³-hybridized carbons (Fsp3) is 0.304. The Balaban J connectivity index is 1.75. The molecule has 0 spiro atoms. The van der Waals surface area contributed by atoms with Crippen LogP contribution in [0, 0.1) is 14.9 Å². The van der Waals surface area contributed by atoms with Crippen LogP contribution in [0.3, 0.4) is 0 Å². The smallest absolute Gasteiger partial charge is 0.264 e. The van der Waals surface area contributed by atoms with Gasteiger partial charge in [-0.3, -0.25) is 4.79 Å². The van der Waals surface area contributed by atoms with Crippen LogP contribution in [0.15, 0.2) is 48.0 Å². The van der Waals surface area contributed by atoms with Crippen molar-refractivity contribution in [3.05, 3.63) is 57.2 Å². The molecule has 6 nitrogen and oxygen atoms in total. The molecule has 7 heteroatoms. The quantitative estimate of drug-likeness (QED) is 0.330. The molecular weight excluding hydrogens is 493 g/mol. The summed E-state index contributed by atoms with van der Waals surface area (Å²) in [5.74, 6) is 1.00. The number of piperazine rings is 1. The number of ether oxygens (including phenoxy) is 2. The number of methoxy groups -OCH3 is 1. The summed E-state index contributed by atoms with van der Waals surface area (Å²) in [4.78, 5) is 16.9. The van der Waals surface area contributed by atoms with E-state index in [2.05, 4.69) is 45.7 Å².